The maximum Gasteiger partial charge on any atom is 0.0722 e. The molecule has 0 fully saturated rings. The van der Waals surface area contributed by atoms with Gasteiger partial charge in [0, 0.05) is 11.1 Å². The third-order valence-electron chi connectivity index (χ3n) is 12.6. The van der Waals surface area contributed by atoms with Crippen LogP contribution in [0.2, 0.25) is 13.1 Å². The molecule has 2 aliphatic carbocycles. The van der Waals surface area contributed by atoms with Gasteiger partial charge in [-0.1, -0.05) is 200 Å². The minimum atomic E-state index is -2.01. The highest BCUT2D eigenvalue weighted by molar-refractivity contribution is 6.81. The van der Waals surface area contributed by atoms with Crippen LogP contribution in [0.5, 0.6) is 0 Å². The van der Waals surface area contributed by atoms with Gasteiger partial charge in [-0.05, 0) is 107 Å². The maximum absolute atomic E-state index is 2.74. The van der Waals surface area contributed by atoms with Gasteiger partial charge in [-0.25, -0.2) is 0 Å². The predicted octanol–water partition coefficient (Wildman–Crippen LogP) is 16.1. The minimum absolute atomic E-state index is 0.526. The Hall–Kier alpha value is -3.42. The fraction of sp³-hybridized carbons (Fsp3) is 0.462. The Morgan fingerprint density at radius 2 is 0.811 bits per heavy atom. The molecule has 280 valence electrons. The van der Waals surface area contributed by atoms with Crippen LogP contribution in [0.4, 0.5) is 0 Å². The molecule has 1 heteroatoms. The Morgan fingerprint density at radius 1 is 0.415 bits per heavy atom. The van der Waals surface area contributed by atoms with E-state index in [2.05, 4.69) is 138 Å². The molecule has 2 unspecified atom stereocenters. The molecule has 0 amide bonds. The zero-order valence-corrected chi connectivity index (χ0v) is 35.2. The number of aryl methyl sites for hydroxylation is 2. The summed E-state index contributed by atoms with van der Waals surface area (Å²) in [6, 6.07) is 33.7. The van der Waals surface area contributed by atoms with E-state index in [9.17, 15) is 0 Å². The first kappa shape index (κ1) is 39.3. The molecule has 0 heterocycles. The second-order valence-corrected chi connectivity index (χ2v) is 21.8. The molecule has 0 aromatic heterocycles. The highest BCUT2D eigenvalue weighted by Gasteiger charge is 2.48. The zero-order chi connectivity index (χ0) is 37.2. The zero-order valence-electron chi connectivity index (χ0n) is 34.2. The average Bonchev–Trinajstić information content (AvgIpc) is 3.76. The lowest BCUT2D eigenvalue weighted by molar-refractivity contribution is 0.667. The Bertz CT molecular complexity index is 1700. The normalized spacial score (nSPS) is 16.4. The summed E-state index contributed by atoms with van der Waals surface area (Å²) in [5.74, 6) is 0. The van der Waals surface area contributed by atoms with E-state index in [4.69, 9.17) is 0 Å². The van der Waals surface area contributed by atoms with E-state index in [1.54, 1.807) is 22.3 Å². The summed E-state index contributed by atoms with van der Waals surface area (Å²) in [6.45, 7) is 14.8. The van der Waals surface area contributed by atoms with Crippen LogP contribution in [0.1, 0.15) is 162 Å². The van der Waals surface area contributed by atoms with Gasteiger partial charge in [0.1, 0.15) is 0 Å². The summed E-state index contributed by atoms with van der Waals surface area (Å²) < 4.78 is 0. The van der Waals surface area contributed by atoms with E-state index in [0.717, 1.165) is 0 Å². The van der Waals surface area contributed by atoms with Crippen LogP contribution in [0, 0.1) is 0 Å². The molecule has 0 N–H and O–H groups in total. The third kappa shape index (κ3) is 8.94. The van der Waals surface area contributed by atoms with E-state index in [-0.39, 0.29) is 0 Å². The van der Waals surface area contributed by atoms with Gasteiger partial charge in [-0.3, -0.25) is 0 Å². The fourth-order valence-corrected chi connectivity index (χ4v) is 14.6. The standard InChI is InChI=1S/C52H68Si/c1-7-11-15-17-21-39-29-33-41(34-30-39)45-25-19-27-47-49(45)37-43(23-13-9-3)51(47)53(5,6)52-44(24-14-10-4)38-50-46(26-20-28-48(50)52)42-35-31-40(32-36-42)22-18-16-12-8-2/h19-20,25-38,51-52H,7-18,21-24H2,1-6H3. The van der Waals surface area contributed by atoms with Crippen molar-refractivity contribution in [3.05, 3.63) is 129 Å². The summed E-state index contributed by atoms with van der Waals surface area (Å²) in [5, 5.41) is 0. The summed E-state index contributed by atoms with van der Waals surface area (Å²) >= 11 is 0. The van der Waals surface area contributed by atoms with Gasteiger partial charge in [-0.2, -0.15) is 0 Å². The second kappa shape index (κ2) is 18.8. The summed E-state index contributed by atoms with van der Waals surface area (Å²) in [5.41, 5.74) is 19.2. The Balaban J connectivity index is 1.35. The summed E-state index contributed by atoms with van der Waals surface area (Å²) in [7, 11) is -2.01. The van der Waals surface area contributed by atoms with Crippen LogP contribution in [-0.4, -0.2) is 8.07 Å². The van der Waals surface area contributed by atoms with Crippen LogP contribution in [0.15, 0.2) is 96.1 Å². The van der Waals surface area contributed by atoms with E-state index in [1.807, 2.05) is 0 Å². The molecule has 4 aromatic carbocycles. The Morgan fingerprint density at radius 3 is 1.19 bits per heavy atom. The van der Waals surface area contributed by atoms with Gasteiger partial charge in [0.05, 0.1) is 8.07 Å². The summed E-state index contributed by atoms with van der Waals surface area (Å²) in [6.07, 6.45) is 25.7. The van der Waals surface area contributed by atoms with Crippen molar-refractivity contribution in [2.75, 3.05) is 0 Å². The molecule has 6 rings (SSSR count). The fourth-order valence-electron chi connectivity index (χ4n) is 9.76. The quantitative estimate of drug-likeness (QED) is 0.0630. The number of hydrogen-bond acceptors (Lipinski definition) is 0. The number of rotatable bonds is 20. The monoisotopic (exact) mass is 721 g/mol. The average molecular weight is 721 g/mol. The molecule has 2 atom stereocenters. The maximum atomic E-state index is 2.74. The van der Waals surface area contributed by atoms with Crippen molar-refractivity contribution in [1.29, 1.82) is 0 Å². The van der Waals surface area contributed by atoms with Crippen LogP contribution in [0.3, 0.4) is 0 Å². The molecule has 0 aliphatic heterocycles. The lowest BCUT2D eigenvalue weighted by atomic mass is 9.95. The molecule has 53 heavy (non-hydrogen) atoms. The Labute approximate surface area is 325 Å². The molecule has 0 saturated heterocycles. The molecular weight excluding hydrogens is 653 g/mol. The number of benzene rings is 4. The topological polar surface area (TPSA) is 0 Å². The van der Waals surface area contributed by atoms with Gasteiger partial charge < -0.3 is 0 Å². The van der Waals surface area contributed by atoms with Gasteiger partial charge in [-0.15, -0.1) is 0 Å². The lowest BCUT2D eigenvalue weighted by Crippen LogP contribution is -2.43. The first-order valence-electron chi connectivity index (χ1n) is 21.8. The molecule has 0 spiro atoms. The highest BCUT2D eigenvalue weighted by Crippen LogP contribution is 2.56. The molecule has 4 aromatic rings. The minimum Gasteiger partial charge on any atom is -0.0679 e. The van der Waals surface area contributed by atoms with E-state index in [0.29, 0.717) is 11.1 Å². The van der Waals surface area contributed by atoms with Gasteiger partial charge in [0.25, 0.3) is 0 Å². The molecule has 0 bridgehead atoms. The first-order valence-corrected chi connectivity index (χ1v) is 24.9. The van der Waals surface area contributed by atoms with Crippen LogP contribution < -0.4 is 0 Å². The summed E-state index contributed by atoms with van der Waals surface area (Å²) in [4.78, 5) is 0. The smallest absolute Gasteiger partial charge is 0.0679 e. The van der Waals surface area contributed by atoms with Crippen molar-refractivity contribution in [1.82, 2.24) is 0 Å². The lowest BCUT2D eigenvalue weighted by Gasteiger charge is -2.40. The molecule has 0 saturated carbocycles. The van der Waals surface area contributed by atoms with Crippen LogP contribution in [-0.2, 0) is 12.8 Å². The predicted molar refractivity (Wildman–Crippen MR) is 237 cm³/mol. The second-order valence-electron chi connectivity index (χ2n) is 17.0. The van der Waals surface area contributed by atoms with Crippen LogP contribution in [0.25, 0.3) is 34.4 Å². The van der Waals surface area contributed by atoms with Crippen molar-refractivity contribution in [3.63, 3.8) is 0 Å². The SMILES string of the molecule is CCCCCCc1ccc(-c2cccc3c2C=C(CCCC)C3[Si](C)(C)C2C(CCCC)=Cc3c(-c4ccc(CCCCCC)cc4)cccc32)cc1. The molecular formula is C52H68Si. The van der Waals surface area contributed by atoms with Crippen molar-refractivity contribution >= 4 is 20.2 Å². The van der Waals surface area contributed by atoms with E-state index in [1.165, 1.54) is 147 Å². The van der Waals surface area contributed by atoms with Gasteiger partial charge in [0.2, 0.25) is 0 Å². The molecule has 2 aliphatic rings. The van der Waals surface area contributed by atoms with Crippen molar-refractivity contribution in [2.24, 2.45) is 0 Å². The number of fused-ring (bicyclic) bond motifs is 2. The number of hydrogen-bond donors (Lipinski definition) is 0. The molecule has 0 nitrogen and oxygen atoms in total. The Kier molecular flexibility index (Phi) is 13.9. The first-order chi connectivity index (χ1) is 25.9. The van der Waals surface area contributed by atoms with Crippen molar-refractivity contribution in [2.45, 2.75) is 155 Å². The highest BCUT2D eigenvalue weighted by atomic mass is 28.3. The molecule has 0 radical (unpaired) electrons. The van der Waals surface area contributed by atoms with E-state index >= 15 is 0 Å². The van der Waals surface area contributed by atoms with Crippen molar-refractivity contribution < 1.29 is 0 Å². The van der Waals surface area contributed by atoms with Gasteiger partial charge in [0.15, 0.2) is 0 Å². The number of allylic oxidation sites excluding steroid dienone is 2. The largest absolute Gasteiger partial charge is 0.0722 e. The third-order valence-corrected chi connectivity index (χ3v) is 16.9. The van der Waals surface area contributed by atoms with E-state index < -0.39 is 8.07 Å². The van der Waals surface area contributed by atoms with Crippen molar-refractivity contribution in [3.8, 4) is 22.3 Å². The van der Waals surface area contributed by atoms with Crippen LogP contribution >= 0.6 is 0 Å². The van der Waals surface area contributed by atoms with Gasteiger partial charge >= 0.3 is 0 Å². The number of unbranched alkanes of at least 4 members (excludes halogenated alkanes) is 8.